The number of aromatic nitrogens is 5. The van der Waals surface area contributed by atoms with E-state index < -0.39 is 0 Å². The lowest BCUT2D eigenvalue weighted by atomic mass is 10.2. The van der Waals surface area contributed by atoms with E-state index in [1.807, 2.05) is 6.92 Å². The molecule has 1 unspecified atom stereocenters. The molecule has 2 heterocycles. The summed E-state index contributed by atoms with van der Waals surface area (Å²) in [7, 11) is 1.36. The van der Waals surface area contributed by atoms with Crippen LogP contribution in [0.1, 0.15) is 18.9 Å². The van der Waals surface area contributed by atoms with Crippen LogP contribution in [0.5, 0.6) is 0 Å². The Labute approximate surface area is 147 Å². The van der Waals surface area contributed by atoms with Crippen molar-refractivity contribution in [2.45, 2.75) is 30.2 Å². The fourth-order valence-corrected chi connectivity index (χ4v) is 3.27. The van der Waals surface area contributed by atoms with Crippen molar-refractivity contribution in [3.8, 4) is 0 Å². The number of benzene rings is 1. The van der Waals surface area contributed by atoms with Gasteiger partial charge < -0.3 is 4.74 Å². The Kier molecular flexibility index (Phi) is 5.22. The average Bonchev–Trinajstić information content (AvgIpc) is 3.04. The first-order valence-corrected chi connectivity index (χ1v) is 8.53. The van der Waals surface area contributed by atoms with Gasteiger partial charge in [-0.05, 0) is 24.1 Å². The van der Waals surface area contributed by atoms with Gasteiger partial charge in [0.25, 0.3) is 0 Å². The first-order chi connectivity index (χ1) is 12.1. The van der Waals surface area contributed by atoms with Crippen molar-refractivity contribution in [3.63, 3.8) is 0 Å². The van der Waals surface area contributed by atoms with Crippen LogP contribution in [0.4, 0.5) is 4.39 Å². The minimum Gasteiger partial charge on any atom is -0.468 e. The van der Waals surface area contributed by atoms with E-state index in [2.05, 4.69) is 20.3 Å². The van der Waals surface area contributed by atoms with Gasteiger partial charge in [-0.2, -0.15) is 0 Å². The number of esters is 1. The number of hydrogen-bond acceptors (Lipinski definition) is 7. The molecule has 0 saturated carbocycles. The summed E-state index contributed by atoms with van der Waals surface area (Å²) in [6.45, 7) is 2.31. The minimum atomic E-state index is -0.370. The number of thioether (sulfide) groups is 1. The highest BCUT2D eigenvalue weighted by atomic mass is 32.2. The van der Waals surface area contributed by atoms with Crippen molar-refractivity contribution in [2.24, 2.45) is 0 Å². The molecule has 0 amide bonds. The van der Waals surface area contributed by atoms with Crippen LogP contribution in [-0.2, 0) is 16.1 Å². The fraction of sp³-hybridized carbons (Fsp3) is 0.312. The van der Waals surface area contributed by atoms with Crippen LogP contribution in [0.3, 0.4) is 0 Å². The van der Waals surface area contributed by atoms with Gasteiger partial charge in [0.15, 0.2) is 11.2 Å². The Hall–Kier alpha value is -2.55. The molecule has 7 nitrogen and oxygen atoms in total. The summed E-state index contributed by atoms with van der Waals surface area (Å²) in [6.07, 6.45) is 2.02. The molecule has 0 fully saturated rings. The number of methoxy groups -OCH3 is 1. The molecular weight excluding hydrogens is 345 g/mol. The number of fused-ring (bicyclic) bond motifs is 1. The van der Waals surface area contributed by atoms with Gasteiger partial charge in [-0.25, -0.2) is 19.0 Å². The number of carbonyl (C=O) groups is 1. The predicted octanol–water partition coefficient (Wildman–Crippen LogP) is 2.45. The molecule has 2 aromatic heterocycles. The second-order valence-electron chi connectivity index (χ2n) is 5.26. The number of ether oxygens (including phenoxy) is 1. The topological polar surface area (TPSA) is 82.8 Å². The summed E-state index contributed by atoms with van der Waals surface area (Å²) < 4.78 is 19.4. The van der Waals surface area contributed by atoms with E-state index in [1.54, 1.807) is 16.8 Å². The molecule has 0 N–H and O–H groups in total. The van der Waals surface area contributed by atoms with E-state index in [-0.39, 0.29) is 17.0 Å². The maximum Gasteiger partial charge on any atom is 0.319 e. The van der Waals surface area contributed by atoms with Crippen molar-refractivity contribution >= 4 is 28.9 Å². The molecule has 3 aromatic rings. The normalized spacial score (nSPS) is 12.3. The fourth-order valence-electron chi connectivity index (χ4n) is 2.29. The second-order valence-corrected chi connectivity index (χ2v) is 6.45. The third-order valence-corrected chi connectivity index (χ3v) is 4.93. The van der Waals surface area contributed by atoms with Gasteiger partial charge in [0.05, 0.1) is 13.7 Å². The highest BCUT2D eigenvalue weighted by Crippen LogP contribution is 2.28. The minimum absolute atomic E-state index is 0.290. The molecule has 9 heteroatoms. The highest BCUT2D eigenvalue weighted by Gasteiger charge is 2.22. The Morgan fingerprint density at radius 2 is 2.08 bits per heavy atom. The largest absolute Gasteiger partial charge is 0.468 e. The summed E-state index contributed by atoms with van der Waals surface area (Å²) in [5.41, 5.74) is 1.96. The summed E-state index contributed by atoms with van der Waals surface area (Å²) in [4.78, 5) is 20.3. The Bertz CT molecular complexity index is 884. The van der Waals surface area contributed by atoms with E-state index in [1.165, 1.54) is 37.3 Å². The summed E-state index contributed by atoms with van der Waals surface area (Å²) in [5.74, 6) is -0.598. The molecule has 1 atom stereocenters. The number of carbonyl (C=O) groups excluding carboxylic acids is 1. The first kappa shape index (κ1) is 17.3. The zero-order valence-electron chi connectivity index (χ0n) is 13.7. The van der Waals surface area contributed by atoms with Crippen LogP contribution in [0.2, 0.25) is 0 Å². The smallest absolute Gasteiger partial charge is 0.319 e. The maximum atomic E-state index is 13.0. The highest BCUT2D eigenvalue weighted by molar-refractivity contribution is 8.00. The molecule has 25 heavy (non-hydrogen) atoms. The van der Waals surface area contributed by atoms with Gasteiger partial charge in [-0.3, -0.25) is 4.79 Å². The van der Waals surface area contributed by atoms with Crippen molar-refractivity contribution in [2.75, 3.05) is 7.11 Å². The Morgan fingerprint density at radius 1 is 1.32 bits per heavy atom. The number of halogens is 1. The quantitative estimate of drug-likeness (QED) is 0.379. The SMILES string of the molecule is CCC(Sc1ncnc2c1nnn2Cc1ccc(F)cc1)C(=O)OC. The van der Waals surface area contributed by atoms with Crippen LogP contribution in [0, 0.1) is 5.82 Å². The maximum absolute atomic E-state index is 13.0. The van der Waals surface area contributed by atoms with Crippen molar-refractivity contribution in [3.05, 3.63) is 42.0 Å². The number of nitrogens with zero attached hydrogens (tertiary/aromatic N) is 5. The van der Waals surface area contributed by atoms with E-state index in [4.69, 9.17) is 4.74 Å². The molecule has 130 valence electrons. The van der Waals surface area contributed by atoms with Crippen molar-refractivity contribution in [1.29, 1.82) is 0 Å². The molecule has 0 bridgehead atoms. The zero-order valence-corrected chi connectivity index (χ0v) is 14.5. The van der Waals surface area contributed by atoms with Crippen LogP contribution in [0.25, 0.3) is 11.2 Å². The number of rotatable bonds is 6. The zero-order chi connectivity index (χ0) is 17.8. The molecule has 0 aliphatic carbocycles. The van der Waals surface area contributed by atoms with E-state index >= 15 is 0 Å². The third-order valence-electron chi connectivity index (χ3n) is 3.60. The number of hydrogen-bond donors (Lipinski definition) is 0. The molecule has 0 aliphatic heterocycles. The van der Waals surface area contributed by atoms with Gasteiger partial charge in [-0.1, -0.05) is 36.0 Å². The van der Waals surface area contributed by atoms with E-state index in [0.29, 0.717) is 29.2 Å². The van der Waals surface area contributed by atoms with Gasteiger partial charge in [0.1, 0.15) is 22.4 Å². The van der Waals surface area contributed by atoms with Crippen molar-refractivity contribution in [1.82, 2.24) is 25.0 Å². The molecule has 0 aliphatic rings. The van der Waals surface area contributed by atoms with Gasteiger partial charge >= 0.3 is 5.97 Å². The first-order valence-electron chi connectivity index (χ1n) is 7.65. The molecule has 0 radical (unpaired) electrons. The van der Waals surface area contributed by atoms with Gasteiger partial charge in [-0.15, -0.1) is 5.10 Å². The van der Waals surface area contributed by atoms with Crippen LogP contribution in [0.15, 0.2) is 35.6 Å². The second kappa shape index (κ2) is 7.56. The van der Waals surface area contributed by atoms with Crippen LogP contribution >= 0.6 is 11.8 Å². The lowest BCUT2D eigenvalue weighted by Gasteiger charge is -2.11. The molecule has 0 spiro atoms. The molecule has 1 aromatic carbocycles. The van der Waals surface area contributed by atoms with E-state index in [0.717, 1.165) is 5.56 Å². The molecular formula is C16H16FN5O2S. The Balaban J connectivity index is 1.89. The van der Waals surface area contributed by atoms with Gasteiger partial charge in [0.2, 0.25) is 0 Å². The molecule has 0 saturated heterocycles. The van der Waals surface area contributed by atoms with Crippen LogP contribution < -0.4 is 0 Å². The molecule has 3 rings (SSSR count). The lowest BCUT2D eigenvalue weighted by Crippen LogP contribution is -2.17. The third kappa shape index (κ3) is 3.76. The van der Waals surface area contributed by atoms with Gasteiger partial charge in [0, 0.05) is 0 Å². The summed E-state index contributed by atoms with van der Waals surface area (Å²) in [5, 5.41) is 8.46. The Morgan fingerprint density at radius 3 is 2.76 bits per heavy atom. The van der Waals surface area contributed by atoms with E-state index in [9.17, 15) is 9.18 Å². The van der Waals surface area contributed by atoms with Crippen LogP contribution in [-0.4, -0.2) is 43.3 Å². The lowest BCUT2D eigenvalue weighted by molar-refractivity contribution is -0.140. The predicted molar refractivity (Wildman–Crippen MR) is 90.6 cm³/mol. The average molecular weight is 361 g/mol. The monoisotopic (exact) mass is 361 g/mol. The summed E-state index contributed by atoms with van der Waals surface area (Å²) >= 11 is 1.28. The summed E-state index contributed by atoms with van der Waals surface area (Å²) in [6, 6.07) is 6.16. The standard InChI is InChI=1S/C16H16FN5O2S/c1-3-12(16(23)24-2)25-15-13-14(18-9-19-15)22(21-20-13)8-10-4-6-11(17)7-5-10/h4-7,9,12H,3,8H2,1-2H3. The van der Waals surface area contributed by atoms with Crippen molar-refractivity contribution < 1.29 is 13.9 Å².